The van der Waals surface area contributed by atoms with Crippen LogP contribution < -0.4 is 10.6 Å². The maximum Gasteiger partial charge on any atom is 0.313 e. The molecule has 0 saturated heterocycles. The third-order valence-electron chi connectivity index (χ3n) is 3.54. The zero-order valence-corrected chi connectivity index (χ0v) is 11.6. The van der Waals surface area contributed by atoms with Crippen LogP contribution in [0.25, 0.3) is 0 Å². The monoisotopic (exact) mass is 286 g/mol. The summed E-state index contributed by atoms with van der Waals surface area (Å²) in [5.74, 6) is 0.951. The molecule has 1 aromatic rings. The third kappa shape index (κ3) is 4.07. The molecular formula is C16H18N2O3. The van der Waals surface area contributed by atoms with E-state index in [2.05, 4.69) is 16.6 Å². The fraction of sp³-hybridized carbons (Fsp3) is 0.375. The van der Waals surface area contributed by atoms with E-state index in [9.17, 15) is 14.7 Å². The molecule has 21 heavy (non-hydrogen) atoms. The average molecular weight is 286 g/mol. The van der Waals surface area contributed by atoms with E-state index in [0.29, 0.717) is 24.1 Å². The van der Waals surface area contributed by atoms with Gasteiger partial charge in [0.2, 0.25) is 0 Å². The first-order chi connectivity index (χ1) is 10.1. The SMILES string of the molecule is C#Cc1cccc(NC(=O)C(=O)NC2CCCCC2O)c1. The number of amides is 2. The Morgan fingerprint density at radius 3 is 2.71 bits per heavy atom. The maximum atomic E-state index is 11.8. The number of terminal acetylenes is 1. The molecule has 5 heteroatoms. The molecule has 1 aromatic carbocycles. The summed E-state index contributed by atoms with van der Waals surface area (Å²) in [5.41, 5.74) is 1.09. The van der Waals surface area contributed by atoms with Crippen LogP contribution in [0.4, 0.5) is 5.69 Å². The molecule has 1 saturated carbocycles. The average Bonchev–Trinajstić information content (AvgIpc) is 2.49. The van der Waals surface area contributed by atoms with Crippen LogP contribution in [0.3, 0.4) is 0 Å². The summed E-state index contributed by atoms with van der Waals surface area (Å²) in [6, 6.07) is 6.35. The van der Waals surface area contributed by atoms with Crippen molar-refractivity contribution in [3.8, 4) is 12.3 Å². The topological polar surface area (TPSA) is 78.4 Å². The van der Waals surface area contributed by atoms with Crippen molar-refractivity contribution in [3.63, 3.8) is 0 Å². The van der Waals surface area contributed by atoms with E-state index in [4.69, 9.17) is 6.42 Å². The van der Waals surface area contributed by atoms with Crippen molar-refractivity contribution in [2.24, 2.45) is 0 Å². The van der Waals surface area contributed by atoms with Crippen LogP contribution in [0.2, 0.25) is 0 Å². The highest BCUT2D eigenvalue weighted by Gasteiger charge is 2.26. The number of carbonyl (C=O) groups excluding carboxylic acids is 2. The largest absolute Gasteiger partial charge is 0.391 e. The van der Waals surface area contributed by atoms with Crippen molar-refractivity contribution in [3.05, 3.63) is 29.8 Å². The van der Waals surface area contributed by atoms with Gasteiger partial charge in [0.05, 0.1) is 12.1 Å². The molecule has 3 N–H and O–H groups in total. The van der Waals surface area contributed by atoms with Crippen LogP contribution in [0.1, 0.15) is 31.2 Å². The quantitative estimate of drug-likeness (QED) is 0.561. The molecule has 2 atom stereocenters. The first-order valence-electron chi connectivity index (χ1n) is 6.96. The predicted octanol–water partition coefficient (Wildman–Crippen LogP) is 1.03. The minimum absolute atomic E-state index is 0.353. The number of rotatable bonds is 2. The summed E-state index contributed by atoms with van der Waals surface area (Å²) in [6.45, 7) is 0. The van der Waals surface area contributed by atoms with Crippen molar-refractivity contribution in [2.45, 2.75) is 37.8 Å². The number of anilines is 1. The lowest BCUT2D eigenvalue weighted by Crippen LogP contribution is -2.48. The molecule has 0 bridgehead atoms. The highest BCUT2D eigenvalue weighted by atomic mass is 16.3. The van der Waals surface area contributed by atoms with Crippen LogP contribution in [0, 0.1) is 12.3 Å². The number of hydrogen-bond acceptors (Lipinski definition) is 3. The minimum Gasteiger partial charge on any atom is -0.391 e. The number of hydrogen-bond donors (Lipinski definition) is 3. The fourth-order valence-electron chi connectivity index (χ4n) is 2.39. The van der Waals surface area contributed by atoms with Gasteiger partial charge in [0.1, 0.15) is 0 Å². The Labute approximate surface area is 123 Å². The van der Waals surface area contributed by atoms with Gasteiger partial charge in [0.25, 0.3) is 0 Å². The highest BCUT2D eigenvalue weighted by molar-refractivity contribution is 6.39. The molecule has 5 nitrogen and oxygen atoms in total. The number of nitrogens with one attached hydrogen (secondary N) is 2. The second-order valence-electron chi connectivity index (χ2n) is 5.11. The van der Waals surface area contributed by atoms with Crippen LogP contribution in [-0.2, 0) is 9.59 Å². The number of carbonyl (C=O) groups is 2. The Morgan fingerprint density at radius 2 is 2.00 bits per heavy atom. The van der Waals surface area contributed by atoms with Gasteiger partial charge in [0, 0.05) is 11.3 Å². The van der Waals surface area contributed by atoms with E-state index in [0.717, 1.165) is 12.8 Å². The van der Waals surface area contributed by atoms with Crippen molar-refractivity contribution in [1.29, 1.82) is 0 Å². The lowest BCUT2D eigenvalue weighted by molar-refractivity contribution is -0.137. The Bertz CT molecular complexity index is 577. The maximum absolute atomic E-state index is 11.8. The summed E-state index contributed by atoms with van der Waals surface area (Å²) in [6.07, 6.45) is 7.91. The summed E-state index contributed by atoms with van der Waals surface area (Å²) in [4.78, 5) is 23.7. The Morgan fingerprint density at radius 1 is 1.24 bits per heavy atom. The highest BCUT2D eigenvalue weighted by Crippen LogP contribution is 2.18. The number of aliphatic hydroxyl groups excluding tert-OH is 1. The standard InChI is InChI=1S/C16H18N2O3/c1-2-11-6-5-7-12(10-11)17-15(20)16(21)18-13-8-3-4-9-14(13)19/h1,5-7,10,13-14,19H,3-4,8-9H2,(H,17,20)(H,18,21). The Kier molecular flexibility index (Phi) is 4.96. The van der Waals surface area contributed by atoms with E-state index in [1.54, 1.807) is 24.3 Å². The summed E-state index contributed by atoms with van der Waals surface area (Å²) >= 11 is 0. The first-order valence-corrected chi connectivity index (χ1v) is 6.96. The predicted molar refractivity (Wildman–Crippen MR) is 79.4 cm³/mol. The second-order valence-corrected chi connectivity index (χ2v) is 5.11. The van der Waals surface area contributed by atoms with Gasteiger partial charge in [-0.1, -0.05) is 24.8 Å². The smallest absolute Gasteiger partial charge is 0.313 e. The van der Waals surface area contributed by atoms with Crippen molar-refractivity contribution in [1.82, 2.24) is 5.32 Å². The molecule has 2 amide bonds. The van der Waals surface area contributed by atoms with E-state index in [1.165, 1.54) is 0 Å². The Hall–Kier alpha value is -2.32. The zero-order valence-electron chi connectivity index (χ0n) is 11.6. The molecule has 1 aliphatic carbocycles. The lowest BCUT2D eigenvalue weighted by atomic mass is 9.92. The molecule has 1 fully saturated rings. The molecule has 0 aliphatic heterocycles. The minimum atomic E-state index is -0.762. The third-order valence-corrected chi connectivity index (χ3v) is 3.54. The molecule has 110 valence electrons. The van der Waals surface area contributed by atoms with Crippen molar-refractivity contribution in [2.75, 3.05) is 5.32 Å². The van der Waals surface area contributed by atoms with Gasteiger partial charge in [-0.2, -0.15) is 0 Å². The molecule has 2 rings (SSSR count). The van der Waals surface area contributed by atoms with Gasteiger partial charge >= 0.3 is 11.8 Å². The van der Waals surface area contributed by atoms with Gasteiger partial charge in [-0.05, 0) is 31.0 Å². The molecule has 0 radical (unpaired) electrons. The van der Waals surface area contributed by atoms with Gasteiger partial charge < -0.3 is 15.7 Å². The van der Waals surface area contributed by atoms with Gasteiger partial charge in [-0.25, -0.2) is 0 Å². The van der Waals surface area contributed by atoms with Gasteiger partial charge in [0.15, 0.2) is 0 Å². The molecule has 2 unspecified atom stereocenters. The lowest BCUT2D eigenvalue weighted by Gasteiger charge is -2.27. The zero-order chi connectivity index (χ0) is 15.2. The number of aliphatic hydroxyl groups is 1. The van der Waals surface area contributed by atoms with Crippen molar-refractivity contribution < 1.29 is 14.7 Å². The van der Waals surface area contributed by atoms with Crippen LogP contribution in [0.15, 0.2) is 24.3 Å². The molecule has 1 aliphatic rings. The van der Waals surface area contributed by atoms with Crippen LogP contribution in [-0.4, -0.2) is 29.1 Å². The van der Waals surface area contributed by atoms with Crippen LogP contribution >= 0.6 is 0 Å². The first kappa shape index (κ1) is 15.1. The molecule has 0 spiro atoms. The molecule has 0 heterocycles. The van der Waals surface area contributed by atoms with E-state index >= 15 is 0 Å². The van der Waals surface area contributed by atoms with E-state index in [1.807, 2.05) is 0 Å². The fourth-order valence-corrected chi connectivity index (χ4v) is 2.39. The van der Waals surface area contributed by atoms with Crippen molar-refractivity contribution >= 4 is 17.5 Å². The Balaban J connectivity index is 1.93. The number of benzene rings is 1. The van der Waals surface area contributed by atoms with E-state index in [-0.39, 0.29) is 6.04 Å². The summed E-state index contributed by atoms with van der Waals surface area (Å²) < 4.78 is 0. The molecular weight excluding hydrogens is 268 g/mol. The summed E-state index contributed by atoms with van der Waals surface area (Å²) in [7, 11) is 0. The molecule has 0 aromatic heterocycles. The van der Waals surface area contributed by atoms with E-state index < -0.39 is 17.9 Å². The van der Waals surface area contributed by atoms with Gasteiger partial charge in [-0.3, -0.25) is 9.59 Å². The van der Waals surface area contributed by atoms with Crippen LogP contribution in [0.5, 0.6) is 0 Å². The normalized spacial score (nSPS) is 21.1. The second kappa shape index (κ2) is 6.91. The summed E-state index contributed by atoms with van der Waals surface area (Å²) in [5, 5.41) is 14.9. The van der Waals surface area contributed by atoms with Gasteiger partial charge in [-0.15, -0.1) is 6.42 Å².